The van der Waals surface area contributed by atoms with Crippen LogP contribution in [0.5, 0.6) is 0 Å². The van der Waals surface area contributed by atoms with Gasteiger partial charge in [-0.2, -0.15) is 5.10 Å². The Balaban J connectivity index is 1.59. The highest BCUT2D eigenvalue weighted by Gasteiger charge is 2.18. The van der Waals surface area contributed by atoms with Gasteiger partial charge in [0, 0.05) is 44.5 Å². The minimum absolute atomic E-state index is 0.829. The van der Waals surface area contributed by atoms with Crippen molar-refractivity contribution >= 4 is 0 Å². The van der Waals surface area contributed by atoms with Gasteiger partial charge in [0.2, 0.25) is 0 Å². The molecule has 4 heteroatoms. The molecule has 0 aromatic carbocycles. The van der Waals surface area contributed by atoms with Crippen molar-refractivity contribution in [2.24, 2.45) is 7.05 Å². The highest BCUT2D eigenvalue weighted by atomic mass is 15.2. The highest BCUT2D eigenvalue weighted by Crippen LogP contribution is 2.21. The van der Waals surface area contributed by atoms with Crippen molar-refractivity contribution in [1.82, 2.24) is 20.0 Å². The Morgan fingerprint density at radius 2 is 2.24 bits per heavy atom. The monoisotopic (exact) mass is 236 g/mol. The van der Waals surface area contributed by atoms with Gasteiger partial charge in [0.1, 0.15) is 0 Å². The topological polar surface area (TPSA) is 33.1 Å². The van der Waals surface area contributed by atoms with E-state index in [1.165, 1.54) is 31.2 Å². The normalized spacial score (nSPS) is 17.1. The first-order valence-corrected chi connectivity index (χ1v) is 6.64. The summed E-state index contributed by atoms with van der Waals surface area (Å²) in [6.07, 6.45) is 9.59. The number of aromatic nitrogens is 2. The van der Waals surface area contributed by atoms with Crippen molar-refractivity contribution in [3.05, 3.63) is 18.0 Å². The molecule has 96 valence electrons. The van der Waals surface area contributed by atoms with Crippen LogP contribution in [0, 0.1) is 0 Å². The molecule has 1 aliphatic carbocycles. The Kier molecular flexibility index (Phi) is 4.57. The molecule has 0 bridgehead atoms. The quantitative estimate of drug-likeness (QED) is 0.758. The van der Waals surface area contributed by atoms with Gasteiger partial charge in [-0.05, 0) is 19.9 Å². The Labute approximate surface area is 104 Å². The summed E-state index contributed by atoms with van der Waals surface area (Å²) in [5.41, 5.74) is 1.26. The zero-order valence-corrected chi connectivity index (χ0v) is 11.0. The zero-order chi connectivity index (χ0) is 12.1. The first-order valence-electron chi connectivity index (χ1n) is 6.64. The van der Waals surface area contributed by atoms with Gasteiger partial charge in [0.05, 0.1) is 6.20 Å². The lowest BCUT2D eigenvalue weighted by atomic mass is 10.2. The van der Waals surface area contributed by atoms with Crippen molar-refractivity contribution in [2.75, 3.05) is 20.1 Å². The van der Waals surface area contributed by atoms with Crippen LogP contribution in [0.3, 0.4) is 0 Å². The van der Waals surface area contributed by atoms with Crippen LogP contribution in [0.2, 0.25) is 0 Å². The average Bonchev–Trinajstić information content (AvgIpc) is 2.95. The Hall–Kier alpha value is -0.870. The third kappa shape index (κ3) is 3.82. The van der Waals surface area contributed by atoms with E-state index in [2.05, 4.69) is 28.6 Å². The summed E-state index contributed by atoms with van der Waals surface area (Å²) >= 11 is 0. The largest absolute Gasteiger partial charge is 0.311 e. The fourth-order valence-electron chi connectivity index (χ4n) is 2.58. The van der Waals surface area contributed by atoms with Crippen LogP contribution in [-0.2, 0) is 13.6 Å². The molecule has 1 fully saturated rings. The molecule has 0 spiro atoms. The summed E-state index contributed by atoms with van der Waals surface area (Å²) in [4.78, 5) is 2.50. The summed E-state index contributed by atoms with van der Waals surface area (Å²) in [6, 6.07) is 0.829. The van der Waals surface area contributed by atoms with Crippen LogP contribution >= 0.6 is 0 Å². The molecule has 1 N–H and O–H groups in total. The molecule has 17 heavy (non-hydrogen) atoms. The molecule has 4 nitrogen and oxygen atoms in total. The molecule has 0 unspecified atom stereocenters. The van der Waals surface area contributed by atoms with Gasteiger partial charge in [-0.3, -0.25) is 4.68 Å². The molecule has 0 aliphatic heterocycles. The van der Waals surface area contributed by atoms with Crippen molar-refractivity contribution in [3.63, 3.8) is 0 Å². The molecule has 1 saturated carbocycles. The predicted molar refractivity (Wildman–Crippen MR) is 69.8 cm³/mol. The second kappa shape index (κ2) is 6.17. The van der Waals surface area contributed by atoms with E-state index in [1.54, 1.807) is 0 Å². The van der Waals surface area contributed by atoms with Crippen molar-refractivity contribution in [2.45, 2.75) is 38.3 Å². The number of likely N-dealkylation sites (N-methyl/N-ethyl adjacent to an activating group) is 1. The van der Waals surface area contributed by atoms with Crippen molar-refractivity contribution in [1.29, 1.82) is 0 Å². The first-order chi connectivity index (χ1) is 8.25. The van der Waals surface area contributed by atoms with Gasteiger partial charge in [-0.15, -0.1) is 0 Å². The molecule has 0 saturated heterocycles. The minimum Gasteiger partial charge on any atom is -0.311 e. The number of hydrogen-bond donors (Lipinski definition) is 1. The maximum atomic E-state index is 4.16. The standard InChI is InChI=1S/C13H24N4/c1-16(13-5-3-4-6-13)8-7-14-9-12-10-15-17(2)11-12/h10-11,13-14H,3-9H2,1-2H3. The Bertz CT molecular complexity index is 328. The van der Waals surface area contributed by atoms with Gasteiger partial charge in [0.15, 0.2) is 0 Å². The van der Waals surface area contributed by atoms with E-state index in [0.717, 1.165) is 25.7 Å². The third-order valence-electron chi connectivity index (χ3n) is 3.68. The van der Waals surface area contributed by atoms with E-state index in [-0.39, 0.29) is 0 Å². The van der Waals surface area contributed by atoms with Gasteiger partial charge in [0.25, 0.3) is 0 Å². The average molecular weight is 236 g/mol. The molecule has 1 aromatic heterocycles. The van der Waals surface area contributed by atoms with Crippen LogP contribution in [0.15, 0.2) is 12.4 Å². The zero-order valence-electron chi connectivity index (χ0n) is 11.0. The van der Waals surface area contributed by atoms with Gasteiger partial charge in [-0.25, -0.2) is 0 Å². The Morgan fingerprint density at radius 3 is 2.88 bits per heavy atom. The molecule has 0 radical (unpaired) electrons. The molecule has 1 aliphatic rings. The fourth-order valence-corrected chi connectivity index (χ4v) is 2.58. The molecule has 1 heterocycles. The lowest BCUT2D eigenvalue weighted by Crippen LogP contribution is -2.35. The summed E-state index contributed by atoms with van der Waals surface area (Å²) in [6.45, 7) is 3.12. The molecular formula is C13H24N4. The number of nitrogens with one attached hydrogen (secondary N) is 1. The van der Waals surface area contributed by atoms with E-state index in [9.17, 15) is 0 Å². The number of hydrogen-bond acceptors (Lipinski definition) is 3. The smallest absolute Gasteiger partial charge is 0.0534 e. The first kappa shape index (κ1) is 12.6. The third-order valence-corrected chi connectivity index (χ3v) is 3.68. The second-order valence-electron chi connectivity index (χ2n) is 5.12. The highest BCUT2D eigenvalue weighted by molar-refractivity contribution is 5.02. The van der Waals surface area contributed by atoms with Gasteiger partial charge >= 0.3 is 0 Å². The van der Waals surface area contributed by atoms with Crippen LogP contribution in [-0.4, -0.2) is 40.9 Å². The predicted octanol–water partition coefficient (Wildman–Crippen LogP) is 1.38. The molecule has 0 amide bonds. The van der Waals surface area contributed by atoms with E-state index in [0.29, 0.717) is 0 Å². The van der Waals surface area contributed by atoms with Crippen molar-refractivity contribution in [3.8, 4) is 0 Å². The van der Waals surface area contributed by atoms with E-state index < -0.39 is 0 Å². The Morgan fingerprint density at radius 1 is 1.47 bits per heavy atom. The van der Waals surface area contributed by atoms with Gasteiger partial charge < -0.3 is 10.2 Å². The summed E-state index contributed by atoms with van der Waals surface area (Å²) in [7, 11) is 4.21. The van der Waals surface area contributed by atoms with E-state index >= 15 is 0 Å². The number of rotatable bonds is 6. The van der Waals surface area contributed by atoms with Crippen LogP contribution in [0.4, 0.5) is 0 Å². The fraction of sp³-hybridized carbons (Fsp3) is 0.769. The molecule has 0 atom stereocenters. The summed E-state index contributed by atoms with van der Waals surface area (Å²) in [5.74, 6) is 0. The van der Waals surface area contributed by atoms with Crippen LogP contribution < -0.4 is 5.32 Å². The number of nitrogens with zero attached hydrogens (tertiary/aromatic N) is 3. The maximum Gasteiger partial charge on any atom is 0.0534 e. The van der Waals surface area contributed by atoms with Crippen LogP contribution in [0.25, 0.3) is 0 Å². The number of aryl methyl sites for hydroxylation is 1. The molecular weight excluding hydrogens is 212 g/mol. The molecule has 2 rings (SSSR count). The van der Waals surface area contributed by atoms with E-state index in [4.69, 9.17) is 0 Å². The van der Waals surface area contributed by atoms with E-state index in [1.807, 2.05) is 17.9 Å². The SMILES string of the molecule is CN(CCNCc1cnn(C)c1)C1CCCC1. The second-order valence-corrected chi connectivity index (χ2v) is 5.12. The summed E-state index contributed by atoms with van der Waals surface area (Å²) in [5, 5.41) is 7.63. The van der Waals surface area contributed by atoms with Gasteiger partial charge in [-0.1, -0.05) is 12.8 Å². The minimum atomic E-state index is 0.829. The van der Waals surface area contributed by atoms with Crippen LogP contribution in [0.1, 0.15) is 31.2 Å². The lowest BCUT2D eigenvalue weighted by Gasteiger charge is -2.23. The lowest BCUT2D eigenvalue weighted by molar-refractivity contribution is 0.245. The summed E-state index contributed by atoms with van der Waals surface area (Å²) < 4.78 is 1.85. The maximum absolute atomic E-state index is 4.16. The van der Waals surface area contributed by atoms with Crippen molar-refractivity contribution < 1.29 is 0 Å². The molecule has 1 aromatic rings.